The molecule has 1 N–H and O–H groups in total. The summed E-state index contributed by atoms with van der Waals surface area (Å²) in [6, 6.07) is 6.89. The molecule has 0 spiro atoms. The topological polar surface area (TPSA) is 64.7 Å². The van der Waals surface area contributed by atoms with Crippen molar-refractivity contribution in [1.29, 1.82) is 0 Å². The molecule has 3 aromatic rings. The van der Waals surface area contributed by atoms with Gasteiger partial charge in [-0.15, -0.1) is 0 Å². The van der Waals surface area contributed by atoms with E-state index in [2.05, 4.69) is 31.4 Å². The van der Waals surface area contributed by atoms with Crippen LogP contribution in [0.3, 0.4) is 0 Å². The van der Waals surface area contributed by atoms with E-state index in [1.54, 1.807) is 22.9 Å². The van der Waals surface area contributed by atoms with Crippen LogP contribution in [0.4, 0.5) is 23.2 Å². The minimum atomic E-state index is -3.16. The van der Waals surface area contributed by atoms with Crippen molar-refractivity contribution in [3.8, 4) is 0 Å². The van der Waals surface area contributed by atoms with Gasteiger partial charge in [-0.3, -0.25) is 14.2 Å². The van der Waals surface area contributed by atoms with E-state index in [0.29, 0.717) is 16.9 Å². The number of halogens is 6. The van der Waals surface area contributed by atoms with E-state index < -0.39 is 41.7 Å². The lowest BCUT2D eigenvalue weighted by Crippen LogP contribution is -2.21. The number of hydrogen-bond donors (Lipinski definition) is 1. The second kappa shape index (κ2) is 9.39. The Kier molecular flexibility index (Phi) is 7.05. The van der Waals surface area contributed by atoms with Crippen LogP contribution in [0.15, 0.2) is 28.7 Å². The van der Waals surface area contributed by atoms with Gasteiger partial charge in [0.2, 0.25) is 5.91 Å². The minimum absolute atomic E-state index is 0.411. The second-order valence-electron chi connectivity index (χ2n) is 6.73. The van der Waals surface area contributed by atoms with E-state index in [4.69, 9.17) is 11.6 Å². The van der Waals surface area contributed by atoms with Crippen LogP contribution in [0.25, 0.3) is 0 Å². The van der Waals surface area contributed by atoms with Crippen LogP contribution in [-0.2, 0) is 17.9 Å². The third-order valence-corrected chi connectivity index (χ3v) is 6.03. The zero-order valence-corrected chi connectivity index (χ0v) is 18.7. The lowest BCUT2D eigenvalue weighted by Gasteiger charge is -2.10. The monoisotopic (exact) mass is 521 g/mol. The predicted octanol–water partition coefficient (Wildman–Crippen LogP) is 5.67. The summed E-state index contributed by atoms with van der Waals surface area (Å²) in [5, 5.41) is 9.53. The van der Waals surface area contributed by atoms with Crippen LogP contribution in [-0.4, -0.2) is 25.5 Å². The lowest BCUT2D eigenvalue weighted by atomic mass is 10.2. The zero-order valence-electron chi connectivity index (χ0n) is 16.3. The molecular formula is C19H17BrClF4N5O. The summed E-state index contributed by atoms with van der Waals surface area (Å²) in [6.45, 7) is 3.54. The van der Waals surface area contributed by atoms with Gasteiger partial charge in [-0.2, -0.15) is 10.2 Å². The van der Waals surface area contributed by atoms with Crippen LogP contribution in [0.5, 0.6) is 0 Å². The van der Waals surface area contributed by atoms with E-state index in [1.165, 1.54) is 0 Å². The molecule has 1 amide bonds. The Morgan fingerprint density at radius 3 is 2.45 bits per heavy atom. The molecule has 0 radical (unpaired) electrons. The molecule has 0 atom stereocenters. The normalized spacial score (nSPS) is 11.5. The van der Waals surface area contributed by atoms with Gasteiger partial charge in [-0.25, -0.2) is 17.6 Å². The zero-order chi connectivity index (χ0) is 22.9. The highest BCUT2D eigenvalue weighted by molar-refractivity contribution is 9.10. The fraction of sp³-hybridized carbons (Fsp3) is 0.316. The molecule has 0 saturated carbocycles. The first-order valence-corrected chi connectivity index (χ1v) is 10.2. The van der Waals surface area contributed by atoms with Gasteiger partial charge >= 0.3 is 0 Å². The Morgan fingerprint density at radius 2 is 1.87 bits per heavy atom. The van der Waals surface area contributed by atoms with E-state index in [1.807, 2.05) is 19.9 Å². The van der Waals surface area contributed by atoms with Gasteiger partial charge in [0.15, 0.2) is 0 Å². The quantitative estimate of drug-likeness (QED) is 0.407. The summed E-state index contributed by atoms with van der Waals surface area (Å²) in [5.41, 5.74) is 1.13. The van der Waals surface area contributed by atoms with Gasteiger partial charge in [0, 0.05) is 5.69 Å². The summed E-state index contributed by atoms with van der Waals surface area (Å²) >= 11 is 9.07. The Bertz CT molecular complexity index is 1120. The van der Waals surface area contributed by atoms with Crippen molar-refractivity contribution in [3.63, 3.8) is 0 Å². The molecule has 0 bridgehead atoms. The number of nitrogens with one attached hydrogen (secondary N) is 1. The molecule has 0 aliphatic rings. The molecule has 0 saturated heterocycles. The van der Waals surface area contributed by atoms with Crippen molar-refractivity contribution in [2.75, 3.05) is 5.32 Å². The number of amides is 1. The van der Waals surface area contributed by atoms with Gasteiger partial charge in [0.25, 0.3) is 12.9 Å². The van der Waals surface area contributed by atoms with Gasteiger partial charge in [-0.1, -0.05) is 23.7 Å². The van der Waals surface area contributed by atoms with E-state index >= 15 is 0 Å². The number of carbonyl (C=O) groups is 1. The number of rotatable bonds is 7. The molecule has 1 aromatic carbocycles. The molecule has 6 nitrogen and oxygen atoms in total. The van der Waals surface area contributed by atoms with E-state index in [9.17, 15) is 22.4 Å². The van der Waals surface area contributed by atoms with Crippen LogP contribution < -0.4 is 5.32 Å². The van der Waals surface area contributed by atoms with Gasteiger partial charge in [0.1, 0.15) is 17.9 Å². The summed E-state index contributed by atoms with van der Waals surface area (Å²) < 4.78 is 55.5. The fourth-order valence-corrected chi connectivity index (χ4v) is 3.61. The van der Waals surface area contributed by atoms with E-state index in [0.717, 1.165) is 21.4 Å². The third kappa shape index (κ3) is 5.09. The molecule has 0 unspecified atom stereocenters. The molecule has 166 valence electrons. The molecule has 2 aromatic heterocycles. The van der Waals surface area contributed by atoms with Crippen molar-refractivity contribution in [2.24, 2.45) is 0 Å². The van der Waals surface area contributed by atoms with Crippen molar-refractivity contribution >= 4 is 39.1 Å². The van der Waals surface area contributed by atoms with Gasteiger partial charge in [-0.05, 0) is 47.5 Å². The third-order valence-electron chi connectivity index (χ3n) is 4.50. The maximum atomic E-state index is 13.2. The Balaban J connectivity index is 1.75. The summed E-state index contributed by atoms with van der Waals surface area (Å²) in [6.07, 6.45) is -6.30. The number of anilines is 1. The van der Waals surface area contributed by atoms with Gasteiger partial charge < -0.3 is 5.32 Å². The van der Waals surface area contributed by atoms with Gasteiger partial charge in [0.05, 0.1) is 27.4 Å². The number of carbonyl (C=O) groups excluding carboxylic acids is 1. The molecule has 3 rings (SSSR count). The van der Waals surface area contributed by atoms with Crippen molar-refractivity contribution in [1.82, 2.24) is 19.6 Å². The Morgan fingerprint density at radius 1 is 1.16 bits per heavy atom. The predicted molar refractivity (Wildman–Crippen MR) is 111 cm³/mol. The van der Waals surface area contributed by atoms with Crippen molar-refractivity contribution < 1.29 is 22.4 Å². The molecule has 0 aliphatic carbocycles. The lowest BCUT2D eigenvalue weighted by molar-refractivity contribution is -0.117. The molecule has 0 fully saturated rings. The van der Waals surface area contributed by atoms with Crippen molar-refractivity contribution in [2.45, 2.75) is 39.8 Å². The second-order valence-corrected chi connectivity index (χ2v) is 7.91. The van der Waals surface area contributed by atoms with E-state index in [-0.39, 0.29) is 0 Å². The molecule has 31 heavy (non-hydrogen) atoms. The highest BCUT2D eigenvalue weighted by atomic mass is 79.9. The average molecular weight is 523 g/mol. The molecule has 2 heterocycles. The Labute approximate surface area is 188 Å². The van der Waals surface area contributed by atoms with Crippen LogP contribution >= 0.6 is 27.5 Å². The number of aromatic nitrogens is 4. The average Bonchev–Trinajstić information content (AvgIpc) is 3.13. The fourth-order valence-electron chi connectivity index (χ4n) is 3.03. The molecule has 12 heteroatoms. The number of benzene rings is 1. The largest absolute Gasteiger partial charge is 0.324 e. The first-order chi connectivity index (χ1) is 14.6. The number of aryl methyl sites for hydroxylation is 1. The highest BCUT2D eigenvalue weighted by Crippen LogP contribution is 2.34. The minimum Gasteiger partial charge on any atom is -0.324 e. The number of alkyl halides is 4. The van der Waals surface area contributed by atoms with Crippen LogP contribution in [0.2, 0.25) is 5.02 Å². The summed E-state index contributed by atoms with van der Waals surface area (Å²) in [5.74, 6) is -0.715. The smallest absolute Gasteiger partial charge is 0.283 e. The van der Waals surface area contributed by atoms with Crippen LogP contribution in [0, 0.1) is 13.8 Å². The number of hydrogen-bond acceptors (Lipinski definition) is 3. The van der Waals surface area contributed by atoms with Crippen LogP contribution in [0.1, 0.15) is 41.2 Å². The first kappa shape index (κ1) is 23.3. The molecular weight excluding hydrogens is 506 g/mol. The summed E-state index contributed by atoms with van der Waals surface area (Å²) in [4.78, 5) is 12.3. The Hall–Kier alpha value is -2.40. The maximum Gasteiger partial charge on any atom is 0.283 e. The highest BCUT2D eigenvalue weighted by Gasteiger charge is 2.28. The molecule has 0 aliphatic heterocycles. The summed E-state index contributed by atoms with van der Waals surface area (Å²) in [7, 11) is 0. The maximum absolute atomic E-state index is 13.2. The van der Waals surface area contributed by atoms with Crippen molar-refractivity contribution in [3.05, 3.63) is 62.1 Å². The standard InChI is InChI=1S/C19H17BrClF4N5O/c1-9-14(20)10(2)29(27-9)7-11-4-3-5-12(6-11)26-13(31)8-30-17(19(24)25)15(21)16(28-30)18(22)23/h3-6,18-19H,7-8H2,1-2H3,(H,26,31). The first-order valence-electron chi connectivity index (χ1n) is 8.99. The number of nitrogens with zero attached hydrogens (tertiary/aromatic N) is 4. The SMILES string of the molecule is Cc1nn(Cc2cccc(NC(=O)Cn3nc(C(F)F)c(Cl)c3C(F)F)c2)c(C)c1Br.